The van der Waals surface area contributed by atoms with E-state index >= 15 is 0 Å². The maximum atomic E-state index is 12.2. The van der Waals surface area contributed by atoms with E-state index in [1.54, 1.807) is 29.7 Å². The molecule has 1 N–H and O–H groups in total. The number of hydrogen-bond acceptors (Lipinski definition) is 4. The number of amides is 1. The molecule has 0 saturated heterocycles. The van der Waals surface area contributed by atoms with Crippen LogP contribution in [-0.2, 0) is 6.42 Å². The second kappa shape index (κ2) is 7.52. The summed E-state index contributed by atoms with van der Waals surface area (Å²) < 4.78 is 0. The smallest absolute Gasteiger partial charge is 0.251 e. The van der Waals surface area contributed by atoms with Crippen LogP contribution in [0.25, 0.3) is 0 Å². The van der Waals surface area contributed by atoms with Crippen LogP contribution in [0.3, 0.4) is 0 Å². The normalized spacial score (nSPS) is 12.1. The highest BCUT2D eigenvalue weighted by Gasteiger charge is 2.12. The molecule has 0 spiro atoms. The Hall–Kier alpha value is -1.46. The van der Waals surface area contributed by atoms with Crippen LogP contribution < -0.4 is 5.32 Å². The van der Waals surface area contributed by atoms with Crippen LogP contribution in [0.1, 0.15) is 47.2 Å². The summed E-state index contributed by atoms with van der Waals surface area (Å²) in [5.74, 6) is 0.0708. The molecule has 6 heteroatoms. The second-order valence-electron chi connectivity index (χ2n) is 4.90. The van der Waals surface area contributed by atoms with Crippen LogP contribution in [-0.4, -0.2) is 22.4 Å². The fraction of sp³-hybridized carbons (Fsp3) is 0.400. The molecule has 0 aliphatic heterocycles. The van der Waals surface area contributed by atoms with Gasteiger partial charge in [-0.1, -0.05) is 31.9 Å². The molecule has 21 heavy (non-hydrogen) atoms. The van der Waals surface area contributed by atoms with Crippen LogP contribution in [0, 0.1) is 0 Å². The molecule has 0 fully saturated rings. The molecule has 1 atom stereocenters. The number of carbonyl (C=O) groups is 1. The molecule has 0 radical (unpaired) electrons. The Morgan fingerprint density at radius 3 is 2.95 bits per heavy atom. The number of aryl methyl sites for hydroxylation is 1. The molecule has 2 aromatic rings. The highest BCUT2D eigenvalue weighted by Crippen LogP contribution is 2.17. The predicted molar refractivity (Wildman–Crippen MR) is 86.1 cm³/mol. The Kier molecular flexibility index (Phi) is 5.70. The van der Waals surface area contributed by atoms with Crippen molar-refractivity contribution in [3.8, 4) is 0 Å². The quantitative estimate of drug-likeness (QED) is 0.825. The van der Waals surface area contributed by atoms with Crippen LogP contribution >= 0.6 is 22.9 Å². The van der Waals surface area contributed by atoms with E-state index in [1.807, 2.05) is 12.3 Å². The van der Waals surface area contributed by atoms with Gasteiger partial charge >= 0.3 is 0 Å². The van der Waals surface area contributed by atoms with Gasteiger partial charge in [0.2, 0.25) is 0 Å². The molecule has 2 heterocycles. The monoisotopic (exact) mass is 323 g/mol. The van der Waals surface area contributed by atoms with Gasteiger partial charge in [0, 0.05) is 35.3 Å². The Bertz CT molecular complexity index is 601. The molecule has 0 bridgehead atoms. The number of rotatable bonds is 6. The first kappa shape index (κ1) is 15.9. The summed E-state index contributed by atoms with van der Waals surface area (Å²) in [6, 6.07) is 3.41. The van der Waals surface area contributed by atoms with Gasteiger partial charge in [-0.25, -0.2) is 9.97 Å². The van der Waals surface area contributed by atoms with Gasteiger partial charge in [-0.15, -0.1) is 11.3 Å². The van der Waals surface area contributed by atoms with E-state index in [9.17, 15) is 4.79 Å². The zero-order valence-corrected chi connectivity index (χ0v) is 13.7. The van der Waals surface area contributed by atoms with Gasteiger partial charge in [-0.3, -0.25) is 4.79 Å². The first-order valence-electron chi connectivity index (χ1n) is 6.94. The number of thiazole rings is 1. The first-order valence-corrected chi connectivity index (χ1v) is 8.20. The standard InChI is InChI=1S/C15H18ClN3OS/c1-3-4-12-7-11(8-13(16)19-12)14(20)18-9-10(2)15-17-5-6-21-15/h5-8,10H,3-4,9H2,1-2H3,(H,18,20). The average molecular weight is 324 g/mol. The Morgan fingerprint density at radius 2 is 2.29 bits per heavy atom. The van der Waals surface area contributed by atoms with Crippen LogP contribution in [0.15, 0.2) is 23.7 Å². The molecule has 0 aliphatic carbocycles. The minimum atomic E-state index is -0.125. The molecular formula is C15H18ClN3OS. The summed E-state index contributed by atoms with van der Waals surface area (Å²) in [5.41, 5.74) is 1.41. The van der Waals surface area contributed by atoms with E-state index in [0.29, 0.717) is 17.3 Å². The van der Waals surface area contributed by atoms with Crippen LogP contribution in [0.4, 0.5) is 0 Å². The predicted octanol–water partition coefficient (Wildman–Crippen LogP) is 3.68. The van der Waals surface area contributed by atoms with E-state index in [-0.39, 0.29) is 11.8 Å². The van der Waals surface area contributed by atoms with Gasteiger partial charge in [0.15, 0.2) is 0 Å². The molecule has 1 unspecified atom stereocenters. The summed E-state index contributed by atoms with van der Waals surface area (Å²) >= 11 is 7.57. The zero-order chi connectivity index (χ0) is 15.2. The van der Waals surface area contributed by atoms with Crippen molar-refractivity contribution in [3.63, 3.8) is 0 Å². The Morgan fingerprint density at radius 1 is 1.48 bits per heavy atom. The molecule has 0 aliphatic rings. The van der Waals surface area contributed by atoms with Crippen LogP contribution in [0.2, 0.25) is 5.15 Å². The minimum absolute atomic E-state index is 0.125. The Balaban J connectivity index is 2.00. The summed E-state index contributed by atoms with van der Waals surface area (Å²) in [4.78, 5) is 20.7. The molecule has 112 valence electrons. The highest BCUT2D eigenvalue weighted by molar-refractivity contribution is 7.09. The van der Waals surface area contributed by atoms with Crippen molar-refractivity contribution in [1.82, 2.24) is 15.3 Å². The number of hydrogen-bond donors (Lipinski definition) is 1. The lowest BCUT2D eigenvalue weighted by atomic mass is 10.1. The highest BCUT2D eigenvalue weighted by atomic mass is 35.5. The van der Waals surface area contributed by atoms with Gasteiger partial charge in [-0.2, -0.15) is 0 Å². The largest absolute Gasteiger partial charge is 0.351 e. The lowest BCUT2D eigenvalue weighted by Gasteiger charge is -2.11. The maximum Gasteiger partial charge on any atom is 0.251 e. The molecule has 1 amide bonds. The van der Waals surface area contributed by atoms with Gasteiger partial charge < -0.3 is 5.32 Å². The molecule has 0 aromatic carbocycles. The third-order valence-electron chi connectivity index (χ3n) is 3.06. The molecule has 2 aromatic heterocycles. The van der Waals surface area contributed by atoms with E-state index in [4.69, 9.17) is 11.6 Å². The first-order chi connectivity index (χ1) is 10.1. The van der Waals surface area contributed by atoms with Gasteiger partial charge in [0.1, 0.15) is 5.15 Å². The van der Waals surface area contributed by atoms with Crippen molar-refractivity contribution in [2.45, 2.75) is 32.6 Å². The Labute approximate surface area is 133 Å². The minimum Gasteiger partial charge on any atom is -0.351 e. The summed E-state index contributed by atoms with van der Waals surface area (Å²) in [6.45, 7) is 4.66. The van der Waals surface area contributed by atoms with Crippen molar-refractivity contribution in [3.05, 3.63) is 45.1 Å². The van der Waals surface area contributed by atoms with E-state index < -0.39 is 0 Å². The molecule has 0 saturated carbocycles. The maximum absolute atomic E-state index is 12.2. The second-order valence-corrected chi connectivity index (χ2v) is 6.21. The van der Waals surface area contributed by atoms with Crippen molar-refractivity contribution < 1.29 is 4.79 Å². The summed E-state index contributed by atoms with van der Waals surface area (Å²) in [7, 11) is 0. The lowest BCUT2D eigenvalue weighted by Crippen LogP contribution is -2.27. The molecular weight excluding hydrogens is 306 g/mol. The van der Waals surface area contributed by atoms with Gasteiger partial charge in [0.05, 0.1) is 5.01 Å². The third-order valence-corrected chi connectivity index (χ3v) is 4.26. The van der Waals surface area contributed by atoms with Gasteiger partial charge in [0.25, 0.3) is 5.91 Å². The van der Waals surface area contributed by atoms with Crippen molar-refractivity contribution in [2.24, 2.45) is 0 Å². The average Bonchev–Trinajstić information content (AvgIpc) is 2.98. The fourth-order valence-electron chi connectivity index (χ4n) is 1.98. The van der Waals surface area contributed by atoms with Crippen LogP contribution in [0.5, 0.6) is 0 Å². The summed E-state index contributed by atoms with van der Waals surface area (Å²) in [6.07, 6.45) is 3.56. The van der Waals surface area contributed by atoms with E-state index in [2.05, 4.69) is 22.2 Å². The summed E-state index contributed by atoms with van der Waals surface area (Å²) in [5, 5.41) is 6.25. The topological polar surface area (TPSA) is 54.9 Å². The van der Waals surface area contributed by atoms with E-state index in [0.717, 1.165) is 23.5 Å². The van der Waals surface area contributed by atoms with Crippen molar-refractivity contribution in [1.29, 1.82) is 0 Å². The van der Waals surface area contributed by atoms with Crippen molar-refractivity contribution in [2.75, 3.05) is 6.54 Å². The fourth-order valence-corrected chi connectivity index (χ4v) is 2.90. The van der Waals surface area contributed by atoms with Crippen molar-refractivity contribution >= 4 is 28.8 Å². The number of halogens is 1. The number of aromatic nitrogens is 2. The number of nitrogens with zero attached hydrogens (tertiary/aromatic N) is 2. The van der Waals surface area contributed by atoms with Gasteiger partial charge in [-0.05, 0) is 18.6 Å². The SMILES string of the molecule is CCCc1cc(C(=O)NCC(C)c2nccs2)cc(Cl)n1. The number of nitrogens with one attached hydrogen (secondary N) is 1. The lowest BCUT2D eigenvalue weighted by molar-refractivity contribution is 0.0951. The number of carbonyl (C=O) groups excluding carboxylic acids is 1. The molecule has 2 rings (SSSR count). The molecule has 4 nitrogen and oxygen atoms in total. The third kappa shape index (κ3) is 4.51. The zero-order valence-electron chi connectivity index (χ0n) is 12.1. The van der Waals surface area contributed by atoms with E-state index in [1.165, 1.54) is 0 Å². The number of pyridine rings is 1.